The molecule has 0 spiro atoms. The number of hydrogen-bond acceptors (Lipinski definition) is 2. The van der Waals surface area contributed by atoms with Gasteiger partial charge in [-0.1, -0.05) is 24.6 Å². The van der Waals surface area contributed by atoms with Crippen LogP contribution in [0, 0.1) is 6.92 Å². The van der Waals surface area contributed by atoms with Gasteiger partial charge >= 0.3 is 0 Å². The number of halogens is 1. The van der Waals surface area contributed by atoms with Gasteiger partial charge < -0.3 is 4.90 Å². The molecule has 0 radical (unpaired) electrons. The quantitative estimate of drug-likeness (QED) is 0.775. The van der Waals surface area contributed by atoms with Crippen molar-refractivity contribution in [1.82, 2.24) is 4.90 Å². The fraction of sp³-hybridized carbons (Fsp3) is 0.600. The van der Waals surface area contributed by atoms with Gasteiger partial charge in [-0.2, -0.15) is 0 Å². The first-order valence-electron chi connectivity index (χ1n) is 6.80. The van der Waals surface area contributed by atoms with E-state index in [0.717, 1.165) is 26.2 Å². The summed E-state index contributed by atoms with van der Waals surface area (Å²) >= 11 is 6.08. The Kier molecular flexibility index (Phi) is 4.52. The lowest BCUT2D eigenvalue weighted by Crippen LogP contribution is -2.51. The largest absolute Gasteiger partial charge is 0.368 e. The fourth-order valence-electron chi connectivity index (χ4n) is 2.81. The molecule has 0 N–H and O–H groups in total. The number of benzene rings is 1. The Morgan fingerprint density at radius 3 is 2.72 bits per heavy atom. The first kappa shape index (κ1) is 13.7. The van der Waals surface area contributed by atoms with E-state index in [2.05, 4.69) is 48.8 Å². The maximum atomic E-state index is 6.08. The van der Waals surface area contributed by atoms with Gasteiger partial charge in [-0.25, -0.2) is 0 Å². The standard InChI is InChI=1S/C15H23ClN2/c1-4-17-7-8-18(11-13(17)3)15-6-5-12(2)9-14(15)10-16/h5-6,9,13H,4,7-8,10-11H2,1-3H3. The predicted molar refractivity (Wildman–Crippen MR) is 79.7 cm³/mol. The fourth-order valence-corrected chi connectivity index (χ4v) is 3.03. The average Bonchev–Trinajstić information content (AvgIpc) is 2.38. The van der Waals surface area contributed by atoms with Crippen molar-refractivity contribution in [3.8, 4) is 0 Å². The van der Waals surface area contributed by atoms with Crippen molar-refractivity contribution < 1.29 is 0 Å². The maximum absolute atomic E-state index is 6.08. The second-order valence-electron chi connectivity index (χ2n) is 5.19. The van der Waals surface area contributed by atoms with Crippen LogP contribution in [0.15, 0.2) is 18.2 Å². The highest BCUT2D eigenvalue weighted by Crippen LogP contribution is 2.26. The molecule has 0 bridgehead atoms. The Bertz CT molecular complexity index is 405. The Hall–Kier alpha value is -0.730. The molecule has 1 aromatic carbocycles. The zero-order valence-corrected chi connectivity index (χ0v) is 12.4. The number of aryl methyl sites for hydroxylation is 1. The van der Waals surface area contributed by atoms with Gasteiger partial charge in [0.05, 0.1) is 0 Å². The van der Waals surface area contributed by atoms with Crippen molar-refractivity contribution >= 4 is 17.3 Å². The van der Waals surface area contributed by atoms with Crippen LogP contribution in [0.3, 0.4) is 0 Å². The summed E-state index contributed by atoms with van der Waals surface area (Å²) in [4.78, 5) is 5.01. The lowest BCUT2D eigenvalue weighted by atomic mass is 10.1. The van der Waals surface area contributed by atoms with Crippen LogP contribution in [0.25, 0.3) is 0 Å². The van der Waals surface area contributed by atoms with E-state index in [9.17, 15) is 0 Å². The Balaban J connectivity index is 2.17. The normalized spacial score (nSPS) is 21.3. The molecule has 1 atom stereocenters. The minimum absolute atomic E-state index is 0.597. The smallest absolute Gasteiger partial charge is 0.0494 e. The number of piperazine rings is 1. The SMILES string of the molecule is CCN1CCN(c2ccc(C)cc2CCl)CC1C. The second kappa shape index (κ2) is 5.94. The Morgan fingerprint density at radius 1 is 1.33 bits per heavy atom. The molecule has 0 amide bonds. The molecule has 2 rings (SSSR count). The van der Waals surface area contributed by atoms with Crippen molar-refractivity contribution in [3.05, 3.63) is 29.3 Å². The molecular weight excluding hydrogens is 244 g/mol. The highest BCUT2D eigenvalue weighted by Gasteiger charge is 2.23. The summed E-state index contributed by atoms with van der Waals surface area (Å²) < 4.78 is 0. The van der Waals surface area contributed by atoms with Crippen molar-refractivity contribution in [2.75, 3.05) is 31.1 Å². The van der Waals surface area contributed by atoms with Crippen LogP contribution in [0.1, 0.15) is 25.0 Å². The van der Waals surface area contributed by atoms with Gasteiger partial charge in [0.15, 0.2) is 0 Å². The van der Waals surface area contributed by atoms with E-state index < -0.39 is 0 Å². The van der Waals surface area contributed by atoms with Crippen molar-refractivity contribution in [1.29, 1.82) is 0 Å². The van der Waals surface area contributed by atoms with Gasteiger partial charge in [0, 0.05) is 37.2 Å². The summed E-state index contributed by atoms with van der Waals surface area (Å²) in [5.41, 5.74) is 3.86. The molecule has 1 fully saturated rings. The van der Waals surface area contributed by atoms with E-state index in [1.807, 2.05) is 0 Å². The van der Waals surface area contributed by atoms with Crippen molar-refractivity contribution in [2.24, 2.45) is 0 Å². The minimum Gasteiger partial charge on any atom is -0.368 e. The number of alkyl halides is 1. The van der Waals surface area contributed by atoms with E-state index in [-0.39, 0.29) is 0 Å². The minimum atomic E-state index is 0.597. The van der Waals surface area contributed by atoms with Gasteiger partial charge in [-0.15, -0.1) is 11.6 Å². The van der Waals surface area contributed by atoms with Gasteiger partial charge in [0.25, 0.3) is 0 Å². The summed E-state index contributed by atoms with van der Waals surface area (Å²) in [6, 6.07) is 7.23. The first-order chi connectivity index (χ1) is 8.65. The molecule has 1 aliphatic rings. The summed E-state index contributed by atoms with van der Waals surface area (Å²) in [5.74, 6) is 0.597. The molecular formula is C15H23ClN2. The topological polar surface area (TPSA) is 6.48 Å². The lowest BCUT2D eigenvalue weighted by Gasteiger charge is -2.41. The second-order valence-corrected chi connectivity index (χ2v) is 5.46. The van der Waals surface area contributed by atoms with Gasteiger partial charge in [0.1, 0.15) is 0 Å². The van der Waals surface area contributed by atoms with E-state index in [1.54, 1.807) is 0 Å². The molecule has 1 aliphatic heterocycles. The van der Waals surface area contributed by atoms with Crippen LogP contribution < -0.4 is 4.90 Å². The van der Waals surface area contributed by atoms with Gasteiger partial charge in [-0.3, -0.25) is 4.90 Å². The van der Waals surface area contributed by atoms with Gasteiger partial charge in [0.2, 0.25) is 0 Å². The Morgan fingerprint density at radius 2 is 2.11 bits per heavy atom. The van der Waals surface area contributed by atoms with Crippen LogP contribution in [-0.4, -0.2) is 37.1 Å². The molecule has 0 saturated carbocycles. The van der Waals surface area contributed by atoms with Crippen LogP contribution >= 0.6 is 11.6 Å². The molecule has 2 nitrogen and oxygen atoms in total. The van der Waals surface area contributed by atoms with E-state index in [4.69, 9.17) is 11.6 Å². The third kappa shape index (κ3) is 2.81. The average molecular weight is 267 g/mol. The summed E-state index contributed by atoms with van der Waals surface area (Å²) in [6.45, 7) is 11.2. The zero-order chi connectivity index (χ0) is 13.1. The van der Waals surface area contributed by atoms with Crippen LogP contribution in [0.2, 0.25) is 0 Å². The number of rotatable bonds is 3. The van der Waals surface area contributed by atoms with Crippen molar-refractivity contribution in [3.63, 3.8) is 0 Å². The molecule has 1 aromatic rings. The number of anilines is 1. The van der Waals surface area contributed by atoms with Crippen LogP contribution in [-0.2, 0) is 5.88 Å². The van der Waals surface area contributed by atoms with E-state index in [1.165, 1.54) is 16.8 Å². The molecule has 3 heteroatoms. The predicted octanol–water partition coefficient (Wildman–Crippen LogP) is 3.26. The zero-order valence-electron chi connectivity index (χ0n) is 11.6. The molecule has 18 heavy (non-hydrogen) atoms. The summed E-state index contributed by atoms with van der Waals surface area (Å²) in [6.07, 6.45) is 0. The molecule has 100 valence electrons. The van der Waals surface area contributed by atoms with E-state index in [0.29, 0.717) is 11.9 Å². The van der Waals surface area contributed by atoms with Crippen molar-refractivity contribution in [2.45, 2.75) is 32.7 Å². The molecule has 1 unspecified atom stereocenters. The van der Waals surface area contributed by atoms with Crippen LogP contribution in [0.4, 0.5) is 5.69 Å². The number of nitrogens with zero attached hydrogens (tertiary/aromatic N) is 2. The molecule has 0 aromatic heterocycles. The number of likely N-dealkylation sites (N-methyl/N-ethyl adjacent to an activating group) is 1. The van der Waals surface area contributed by atoms with Crippen LogP contribution in [0.5, 0.6) is 0 Å². The maximum Gasteiger partial charge on any atom is 0.0494 e. The third-order valence-electron chi connectivity index (χ3n) is 3.89. The van der Waals surface area contributed by atoms with Gasteiger partial charge in [-0.05, 0) is 32.0 Å². The molecule has 0 aliphatic carbocycles. The molecule has 1 saturated heterocycles. The monoisotopic (exact) mass is 266 g/mol. The highest BCUT2D eigenvalue weighted by molar-refractivity contribution is 6.17. The molecule has 1 heterocycles. The lowest BCUT2D eigenvalue weighted by molar-refractivity contribution is 0.199. The third-order valence-corrected chi connectivity index (χ3v) is 4.18. The first-order valence-corrected chi connectivity index (χ1v) is 7.33. The van der Waals surface area contributed by atoms with E-state index >= 15 is 0 Å². The summed E-state index contributed by atoms with van der Waals surface area (Å²) in [7, 11) is 0. The Labute approximate surface area is 116 Å². The number of hydrogen-bond donors (Lipinski definition) is 0. The highest BCUT2D eigenvalue weighted by atomic mass is 35.5. The summed E-state index contributed by atoms with van der Waals surface area (Å²) in [5, 5.41) is 0.